The Balaban J connectivity index is 1.90. The van der Waals surface area contributed by atoms with E-state index in [9.17, 15) is 9.59 Å². The summed E-state index contributed by atoms with van der Waals surface area (Å²) in [7, 11) is 1.70. The highest BCUT2D eigenvalue weighted by Crippen LogP contribution is 2.22. The van der Waals surface area contributed by atoms with Crippen LogP contribution in [-0.4, -0.2) is 28.0 Å². The second-order valence-electron chi connectivity index (χ2n) is 4.11. The second kappa shape index (κ2) is 6.60. The van der Waals surface area contributed by atoms with E-state index in [-0.39, 0.29) is 10.8 Å². The topological polar surface area (TPSA) is 73.2 Å². The molecule has 2 aromatic heterocycles. The number of hydrogen-bond acceptors (Lipinski definition) is 4. The summed E-state index contributed by atoms with van der Waals surface area (Å²) >= 11 is 11.6. The molecule has 0 saturated carbocycles. The Hall–Kier alpha value is -2.05. The SMILES string of the molecule is Cn1cccc1C(=O)OCC(=O)Nc1ncc(Cl)cc1Cl. The molecule has 2 aromatic rings. The molecule has 0 bridgehead atoms. The van der Waals surface area contributed by atoms with Crippen molar-refractivity contribution < 1.29 is 14.3 Å². The lowest BCUT2D eigenvalue weighted by molar-refractivity contribution is -0.119. The summed E-state index contributed by atoms with van der Waals surface area (Å²) < 4.78 is 6.49. The average Bonchev–Trinajstić information content (AvgIpc) is 2.85. The van der Waals surface area contributed by atoms with Crippen LogP contribution in [0.15, 0.2) is 30.6 Å². The van der Waals surface area contributed by atoms with Gasteiger partial charge in [0.15, 0.2) is 12.4 Å². The Bertz CT molecular complexity index is 685. The number of aryl methyl sites for hydroxylation is 1. The average molecular weight is 328 g/mol. The quantitative estimate of drug-likeness (QED) is 0.876. The maximum absolute atomic E-state index is 11.7. The molecule has 0 aromatic carbocycles. The minimum atomic E-state index is -0.590. The van der Waals surface area contributed by atoms with Gasteiger partial charge >= 0.3 is 5.97 Å². The van der Waals surface area contributed by atoms with Crippen LogP contribution in [0.1, 0.15) is 10.5 Å². The molecule has 1 N–H and O–H groups in total. The van der Waals surface area contributed by atoms with Gasteiger partial charge in [-0.1, -0.05) is 23.2 Å². The Morgan fingerprint density at radius 2 is 2.19 bits per heavy atom. The molecule has 110 valence electrons. The molecule has 21 heavy (non-hydrogen) atoms. The van der Waals surface area contributed by atoms with Gasteiger partial charge in [0.2, 0.25) is 0 Å². The fraction of sp³-hybridized carbons (Fsp3) is 0.154. The van der Waals surface area contributed by atoms with Crippen molar-refractivity contribution >= 4 is 40.9 Å². The van der Waals surface area contributed by atoms with E-state index in [0.717, 1.165) is 0 Å². The van der Waals surface area contributed by atoms with E-state index in [1.807, 2.05) is 0 Å². The molecular formula is C13H11Cl2N3O3. The number of rotatable bonds is 4. The lowest BCUT2D eigenvalue weighted by Crippen LogP contribution is -2.22. The minimum absolute atomic E-state index is 0.154. The minimum Gasteiger partial charge on any atom is -0.451 e. The third kappa shape index (κ3) is 3.96. The zero-order chi connectivity index (χ0) is 15.4. The predicted octanol–water partition coefficient (Wildman–Crippen LogP) is 2.52. The third-order valence-corrected chi connectivity index (χ3v) is 3.05. The van der Waals surface area contributed by atoms with Crippen molar-refractivity contribution in [1.82, 2.24) is 9.55 Å². The highest BCUT2D eigenvalue weighted by atomic mass is 35.5. The van der Waals surface area contributed by atoms with E-state index in [4.69, 9.17) is 27.9 Å². The normalized spacial score (nSPS) is 10.2. The molecule has 1 amide bonds. The van der Waals surface area contributed by atoms with Crippen LogP contribution in [-0.2, 0) is 16.6 Å². The van der Waals surface area contributed by atoms with Crippen molar-refractivity contribution in [2.45, 2.75) is 0 Å². The Morgan fingerprint density at radius 1 is 1.43 bits per heavy atom. The van der Waals surface area contributed by atoms with Gasteiger partial charge in [-0.25, -0.2) is 9.78 Å². The van der Waals surface area contributed by atoms with Gasteiger partial charge in [0, 0.05) is 19.4 Å². The molecule has 2 heterocycles. The number of nitrogens with one attached hydrogen (secondary N) is 1. The van der Waals surface area contributed by atoms with E-state index in [2.05, 4.69) is 10.3 Å². The lowest BCUT2D eigenvalue weighted by atomic mass is 10.4. The summed E-state index contributed by atoms with van der Waals surface area (Å²) in [5.74, 6) is -0.983. The summed E-state index contributed by atoms with van der Waals surface area (Å²) in [6.07, 6.45) is 3.05. The van der Waals surface area contributed by atoms with Gasteiger partial charge in [0.1, 0.15) is 5.69 Å². The Morgan fingerprint density at radius 3 is 2.81 bits per heavy atom. The molecule has 0 fully saturated rings. The van der Waals surface area contributed by atoms with Crippen LogP contribution in [0.5, 0.6) is 0 Å². The van der Waals surface area contributed by atoms with Crippen molar-refractivity contribution in [3.63, 3.8) is 0 Å². The number of halogens is 2. The van der Waals surface area contributed by atoms with Crippen LogP contribution in [0.4, 0.5) is 5.82 Å². The van der Waals surface area contributed by atoms with Crippen molar-refractivity contribution in [3.8, 4) is 0 Å². The van der Waals surface area contributed by atoms with Gasteiger partial charge < -0.3 is 14.6 Å². The maximum Gasteiger partial charge on any atom is 0.355 e. The molecule has 0 unspecified atom stereocenters. The van der Waals surface area contributed by atoms with Gasteiger partial charge in [0.05, 0.1) is 10.0 Å². The molecule has 0 aliphatic carbocycles. The van der Waals surface area contributed by atoms with Crippen LogP contribution in [0, 0.1) is 0 Å². The first kappa shape index (κ1) is 15.3. The summed E-state index contributed by atoms with van der Waals surface area (Å²) in [5, 5.41) is 2.98. The number of aromatic nitrogens is 2. The molecule has 0 saturated heterocycles. The molecule has 2 rings (SSSR count). The van der Waals surface area contributed by atoms with Crippen molar-refractivity contribution in [1.29, 1.82) is 0 Å². The monoisotopic (exact) mass is 327 g/mol. The fourth-order valence-corrected chi connectivity index (χ4v) is 1.98. The van der Waals surface area contributed by atoms with E-state index < -0.39 is 18.5 Å². The van der Waals surface area contributed by atoms with E-state index in [1.54, 1.807) is 29.9 Å². The molecular weight excluding hydrogens is 317 g/mol. The second-order valence-corrected chi connectivity index (χ2v) is 4.96. The van der Waals surface area contributed by atoms with E-state index in [1.165, 1.54) is 12.3 Å². The highest BCUT2D eigenvalue weighted by Gasteiger charge is 2.14. The third-order valence-electron chi connectivity index (χ3n) is 2.55. The number of hydrogen-bond donors (Lipinski definition) is 1. The summed E-state index contributed by atoms with van der Waals surface area (Å²) in [6, 6.07) is 4.74. The first-order chi connectivity index (χ1) is 9.97. The zero-order valence-corrected chi connectivity index (χ0v) is 12.5. The molecule has 0 aliphatic heterocycles. The van der Waals surface area contributed by atoms with Crippen LogP contribution in [0.3, 0.4) is 0 Å². The number of pyridine rings is 1. The van der Waals surface area contributed by atoms with Crippen LogP contribution < -0.4 is 5.32 Å². The summed E-state index contributed by atoms with van der Waals surface area (Å²) in [4.78, 5) is 27.3. The number of ether oxygens (including phenoxy) is 1. The molecule has 6 nitrogen and oxygen atoms in total. The number of anilines is 1. The van der Waals surface area contributed by atoms with Gasteiger partial charge in [-0.05, 0) is 18.2 Å². The molecule has 0 spiro atoms. The van der Waals surface area contributed by atoms with Crippen LogP contribution >= 0.6 is 23.2 Å². The lowest BCUT2D eigenvalue weighted by Gasteiger charge is -2.07. The van der Waals surface area contributed by atoms with Gasteiger partial charge in [-0.3, -0.25) is 4.79 Å². The van der Waals surface area contributed by atoms with Crippen molar-refractivity contribution in [3.05, 3.63) is 46.3 Å². The molecule has 0 radical (unpaired) electrons. The number of nitrogens with zero attached hydrogens (tertiary/aromatic N) is 2. The summed E-state index contributed by atoms with van der Waals surface area (Å²) in [5.41, 5.74) is 0.352. The maximum atomic E-state index is 11.7. The smallest absolute Gasteiger partial charge is 0.355 e. The number of amides is 1. The van der Waals surface area contributed by atoms with Crippen molar-refractivity contribution in [2.24, 2.45) is 7.05 Å². The van der Waals surface area contributed by atoms with Gasteiger partial charge in [-0.15, -0.1) is 0 Å². The predicted molar refractivity (Wildman–Crippen MR) is 78.6 cm³/mol. The van der Waals surface area contributed by atoms with Gasteiger partial charge in [-0.2, -0.15) is 0 Å². The number of esters is 1. The Labute approximate surface area is 130 Å². The fourth-order valence-electron chi connectivity index (χ4n) is 1.55. The van der Waals surface area contributed by atoms with E-state index in [0.29, 0.717) is 10.7 Å². The summed E-state index contributed by atoms with van der Waals surface area (Å²) in [6.45, 7) is -0.440. The molecule has 0 aliphatic rings. The van der Waals surface area contributed by atoms with E-state index >= 15 is 0 Å². The first-order valence-corrected chi connectivity index (χ1v) is 6.62. The number of carbonyl (C=O) groups excluding carboxylic acids is 2. The first-order valence-electron chi connectivity index (χ1n) is 5.86. The Kier molecular flexibility index (Phi) is 4.82. The number of carbonyl (C=O) groups is 2. The van der Waals surface area contributed by atoms with Crippen LogP contribution in [0.25, 0.3) is 0 Å². The zero-order valence-electron chi connectivity index (χ0n) is 11.0. The molecule has 8 heteroatoms. The largest absolute Gasteiger partial charge is 0.451 e. The van der Waals surface area contributed by atoms with Crippen molar-refractivity contribution in [2.75, 3.05) is 11.9 Å². The molecule has 0 atom stereocenters. The highest BCUT2D eigenvalue weighted by molar-refractivity contribution is 6.36. The van der Waals surface area contributed by atoms with Gasteiger partial charge in [0.25, 0.3) is 5.91 Å². The van der Waals surface area contributed by atoms with Crippen LogP contribution in [0.2, 0.25) is 10.0 Å². The standard InChI is InChI=1S/C13H11Cl2N3O3/c1-18-4-2-3-10(18)13(20)21-7-11(19)17-12-9(15)5-8(14)6-16-12/h2-6H,7H2,1H3,(H,16,17,19).